The molecule has 18 heavy (non-hydrogen) atoms. The Labute approximate surface area is 104 Å². The van der Waals surface area contributed by atoms with Crippen LogP contribution in [0.25, 0.3) is 0 Å². The fraction of sp³-hybridized carbons (Fsp3) is 0.600. The molecule has 0 amide bonds. The molecule has 0 radical (unpaired) electrons. The highest BCUT2D eigenvalue weighted by Gasteiger charge is 2.34. The third kappa shape index (κ3) is 3.60. The molecule has 0 aliphatic carbocycles. The minimum absolute atomic E-state index is 0.0390. The lowest BCUT2D eigenvalue weighted by Gasteiger charge is -2.20. The number of carbonyl (C=O) groups is 2. The third-order valence-electron chi connectivity index (χ3n) is 2.13. The lowest BCUT2D eigenvalue weighted by atomic mass is 10.2. The summed E-state index contributed by atoms with van der Waals surface area (Å²) in [6, 6.07) is 0. The molecule has 0 aromatic carbocycles. The van der Waals surface area contributed by atoms with Gasteiger partial charge < -0.3 is 24.7 Å². The molecule has 0 saturated carbocycles. The summed E-state index contributed by atoms with van der Waals surface area (Å²) in [6.07, 6.45) is -0.812. The molecule has 0 bridgehead atoms. The minimum Gasteiger partial charge on any atom is -0.464 e. The molecule has 2 N–H and O–H groups in total. The van der Waals surface area contributed by atoms with E-state index in [1.165, 1.54) is 6.20 Å². The van der Waals surface area contributed by atoms with Crippen molar-refractivity contribution in [1.82, 2.24) is 9.96 Å². The molecule has 1 heterocycles. The molecule has 0 spiro atoms. The second kappa shape index (κ2) is 6.22. The van der Waals surface area contributed by atoms with E-state index >= 15 is 0 Å². The van der Waals surface area contributed by atoms with Gasteiger partial charge in [-0.05, 0) is 6.92 Å². The van der Waals surface area contributed by atoms with E-state index in [1.807, 2.05) is 0 Å². The summed E-state index contributed by atoms with van der Waals surface area (Å²) in [5.74, 6) is -2.20. The predicted octanol–water partition coefficient (Wildman–Crippen LogP) is -1.59. The molecule has 2 atom stereocenters. The van der Waals surface area contributed by atoms with Crippen LogP contribution in [0.2, 0.25) is 0 Å². The quantitative estimate of drug-likeness (QED) is 0.570. The molecular formula is C10H16N2O6. The summed E-state index contributed by atoms with van der Waals surface area (Å²) >= 11 is 0. The van der Waals surface area contributed by atoms with Crippen LogP contribution < -0.4 is 0 Å². The highest BCUT2D eigenvalue weighted by atomic mass is 16.7. The lowest BCUT2D eigenvalue weighted by molar-refractivity contribution is -0.199. The van der Waals surface area contributed by atoms with E-state index in [9.17, 15) is 19.8 Å². The van der Waals surface area contributed by atoms with Crippen molar-refractivity contribution < 1.29 is 29.4 Å². The van der Waals surface area contributed by atoms with Crippen LogP contribution in [-0.4, -0.2) is 64.6 Å². The van der Waals surface area contributed by atoms with Crippen molar-refractivity contribution >= 4 is 11.9 Å². The minimum atomic E-state index is -1.98. The summed E-state index contributed by atoms with van der Waals surface area (Å²) in [4.78, 5) is 29.0. The number of aliphatic hydroxyl groups excluding tert-OH is 2. The van der Waals surface area contributed by atoms with Crippen LogP contribution in [-0.2, 0) is 19.2 Å². The summed E-state index contributed by atoms with van der Waals surface area (Å²) in [7, 11) is 1.76. The summed E-state index contributed by atoms with van der Waals surface area (Å²) in [5, 5.41) is 19.9. The maximum Gasteiger partial charge on any atom is 0.363 e. The van der Waals surface area contributed by atoms with Crippen molar-refractivity contribution in [2.75, 3.05) is 20.3 Å². The van der Waals surface area contributed by atoms with E-state index < -0.39 is 24.1 Å². The number of hydrogen-bond donors (Lipinski definition) is 2. The van der Waals surface area contributed by atoms with Crippen LogP contribution in [0.1, 0.15) is 6.92 Å². The standard InChI is InChI=1S/C10H16N2O6/c1-3-17-9(15)7(13)8(14)10(16)18-12-5-4-11(2)6-12/h4-5,7-8,13-14H,3,6H2,1-2H3. The molecule has 1 aliphatic heterocycles. The van der Waals surface area contributed by atoms with Gasteiger partial charge in [0.05, 0.1) is 12.8 Å². The van der Waals surface area contributed by atoms with Crippen LogP contribution >= 0.6 is 0 Å². The first kappa shape index (κ1) is 14.3. The van der Waals surface area contributed by atoms with Gasteiger partial charge in [-0.3, -0.25) is 0 Å². The van der Waals surface area contributed by atoms with Crippen molar-refractivity contribution in [1.29, 1.82) is 0 Å². The topological polar surface area (TPSA) is 99.5 Å². The van der Waals surface area contributed by atoms with Gasteiger partial charge in [0, 0.05) is 13.2 Å². The van der Waals surface area contributed by atoms with E-state index in [0.29, 0.717) is 6.67 Å². The van der Waals surface area contributed by atoms with Crippen molar-refractivity contribution in [2.24, 2.45) is 0 Å². The zero-order chi connectivity index (χ0) is 13.7. The molecule has 2 unspecified atom stereocenters. The predicted molar refractivity (Wildman–Crippen MR) is 58.3 cm³/mol. The zero-order valence-corrected chi connectivity index (χ0v) is 10.1. The van der Waals surface area contributed by atoms with E-state index in [0.717, 1.165) is 5.06 Å². The number of ether oxygens (including phenoxy) is 1. The average molecular weight is 260 g/mol. The first-order valence-electron chi connectivity index (χ1n) is 5.35. The van der Waals surface area contributed by atoms with E-state index in [4.69, 9.17) is 4.84 Å². The normalized spacial score (nSPS) is 17.6. The average Bonchev–Trinajstić information content (AvgIpc) is 2.73. The lowest BCUT2D eigenvalue weighted by Crippen LogP contribution is -2.43. The Balaban J connectivity index is 2.46. The second-order valence-electron chi connectivity index (χ2n) is 3.67. The van der Waals surface area contributed by atoms with Crippen LogP contribution in [0.4, 0.5) is 0 Å². The third-order valence-corrected chi connectivity index (χ3v) is 2.13. The highest BCUT2D eigenvalue weighted by molar-refractivity contribution is 5.85. The first-order valence-corrected chi connectivity index (χ1v) is 5.35. The molecule has 8 nitrogen and oxygen atoms in total. The van der Waals surface area contributed by atoms with Crippen LogP contribution in [0.3, 0.4) is 0 Å². The smallest absolute Gasteiger partial charge is 0.363 e. The number of rotatable bonds is 5. The molecular weight excluding hydrogens is 244 g/mol. The van der Waals surface area contributed by atoms with Crippen molar-refractivity contribution in [3.05, 3.63) is 12.4 Å². The molecule has 8 heteroatoms. The second-order valence-corrected chi connectivity index (χ2v) is 3.67. The molecule has 1 aliphatic rings. The SMILES string of the molecule is CCOC(=O)C(O)C(O)C(=O)ON1C=CN(C)C1. The molecule has 0 aromatic rings. The summed E-state index contributed by atoms with van der Waals surface area (Å²) in [6.45, 7) is 1.88. The van der Waals surface area contributed by atoms with Gasteiger partial charge in [-0.2, -0.15) is 5.06 Å². The van der Waals surface area contributed by atoms with Gasteiger partial charge in [0.25, 0.3) is 0 Å². The zero-order valence-electron chi connectivity index (χ0n) is 10.1. The van der Waals surface area contributed by atoms with Crippen LogP contribution in [0.15, 0.2) is 12.4 Å². The molecule has 0 fully saturated rings. The van der Waals surface area contributed by atoms with Gasteiger partial charge in [0.2, 0.25) is 0 Å². The fourth-order valence-corrected chi connectivity index (χ4v) is 1.22. The molecule has 1 rings (SSSR count). The number of nitrogens with zero attached hydrogens (tertiary/aromatic N) is 2. The number of hydrogen-bond acceptors (Lipinski definition) is 8. The Kier molecular flexibility index (Phi) is 4.93. The Hall–Kier alpha value is -1.80. The van der Waals surface area contributed by atoms with Crippen LogP contribution in [0.5, 0.6) is 0 Å². The summed E-state index contributed by atoms with van der Waals surface area (Å²) < 4.78 is 4.47. The highest BCUT2D eigenvalue weighted by Crippen LogP contribution is 2.07. The van der Waals surface area contributed by atoms with Crippen molar-refractivity contribution in [3.8, 4) is 0 Å². The van der Waals surface area contributed by atoms with Gasteiger partial charge in [-0.1, -0.05) is 0 Å². The number of carbonyl (C=O) groups excluding carboxylic acids is 2. The number of esters is 1. The van der Waals surface area contributed by atoms with Crippen molar-refractivity contribution in [3.63, 3.8) is 0 Å². The van der Waals surface area contributed by atoms with Gasteiger partial charge in [0.15, 0.2) is 12.2 Å². The Morgan fingerprint density at radius 3 is 2.39 bits per heavy atom. The first-order chi connectivity index (χ1) is 8.45. The van der Waals surface area contributed by atoms with Gasteiger partial charge in [0.1, 0.15) is 6.67 Å². The number of hydroxylamine groups is 2. The van der Waals surface area contributed by atoms with E-state index in [1.54, 1.807) is 25.1 Å². The van der Waals surface area contributed by atoms with Crippen molar-refractivity contribution in [2.45, 2.75) is 19.1 Å². The fourth-order valence-electron chi connectivity index (χ4n) is 1.22. The molecule has 0 saturated heterocycles. The van der Waals surface area contributed by atoms with E-state index in [2.05, 4.69) is 4.74 Å². The maximum atomic E-state index is 11.4. The van der Waals surface area contributed by atoms with Crippen LogP contribution in [0, 0.1) is 0 Å². The maximum absolute atomic E-state index is 11.4. The Bertz CT molecular complexity index is 345. The molecule has 0 aromatic heterocycles. The monoisotopic (exact) mass is 260 g/mol. The van der Waals surface area contributed by atoms with Gasteiger partial charge in [-0.25, -0.2) is 9.59 Å². The van der Waals surface area contributed by atoms with E-state index in [-0.39, 0.29) is 6.61 Å². The Morgan fingerprint density at radius 2 is 1.89 bits per heavy atom. The van der Waals surface area contributed by atoms with Gasteiger partial charge >= 0.3 is 11.9 Å². The number of aliphatic hydroxyl groups is 2. The summed E-state index contributed by atoms with van der Waals surface area (Å²) in [5.41, 5.74) is 0. The Morgan fingerprint density at radius 1 is 1.28 bits per heavy atom. The largest absolute Gasteiger partial charge is 0.464 e. The molecule has 102 valence electrons. The van der Waals surface area contributed by atoms with Gasteiger partial charge in [-0.15, -0.1) is 0 Å².